The average Bonchev–Trinajstić information content (AvgIpc) is 2.61. The van der Waals surface area contributed by atoms with Gasteiger partial charge in [-0.3, -0.25) is 4.79 Å². The van der Waals surface area contributed by atoms with Crippen molar-refractivity contribution < 1.29 is 19.4 Å². The quantitative estimate of drug-likeness (QED) is 0.878. The molecular formula is C20H21NO4. The normalized spacial score (nSPS) is 15.8. The molecule has 0 fully saturated rings. The van der Waals surface area contributed by atoms with E-state index in [1.165, 1.54) is 5.56 Å². The number of aryl methyl sites for hydroxylation is 2. The van der Waals surface area contributed by atoms with Gasteiger partial charge in [0.25, 0.3) is 0 Å². The molecule has 1 aliphatic rings. The molecule has 5 heteroatoms. The van der Waals surface area contributed by atoms with Crippen molar-refractivity contribution in [2.24, 2.45) is 0 Å². The number of ether oxygens (including phenoxy) is 1. The van der Waals surface area contributed by atoms with Crippen LogP contribution < -0.4 is 10.1 Å². The fraction of sp³-hybridized carbons (Fsp3) is 0.300. The van der Waals surface area contributed by atoms with Crippen molar-refractivity contribution in [2.45, 2.75) is 32.2 Å². The number of amides is 1. The summed E-state index contributed by atoms with van der Waals surface area (Å²) in [6.07, 6.45) is 1.72. The highest BCUT2D eigenvalue weighted by Crippen LogP contribution is 2.27. The van der Waals surface area contributed by atoms with Gasteiger partial charge in [0, 0.05) is 6.42 Å². The van der Waals surface area contributed by atoms with Gasteiger partial charge in [0.2, 0.25) is 5.91 Å². The van der Waals surface area contributed by atoms with E-state index < -0.39 is 5.97 Å². The van der Waals surface area contributed by atoms with Crippen LogP contribution in [0.2, 0.25) is 0 Å². The summed E-state index contributed by atoms with van der Waals surface area (Å²) in [6.45, 7) is 2.53. The summed E-state index contributed by atoms with van der Waals surface area (Å²) in [5, 5.41) is 11.9. The zero-order valence-electron chi connectivity index (χ0n) is 14.1. The molecule has 0 saturated heterocycles. The zero-order valence-corrected chi connectivity index (χ0v) is 14.1. The van der Waals surface area contributed by atoms with Crippen LogP contribution in [0.3, 0.4) is 0 Å². The number of carboxylic acid groups (broad SMARTS) is 1. The van der Waals surface area contributed by atoms with Gasteiger partial charge in [-0.25, -0.2) is 4.79 Å². The minimum absolute atomic E-state index is 0.0181. The van der Waals surface area contributed by atoms with E-state index in [-0.39, 0.29) is 17.5 Å². The number of aromatic carboxylic acids is 1. The lowest BCUT2D eigenvalue weighted by molar-refractivity contribution is -0.122. The first kappa shape index (κ1) is 17.0. The maximum Gasteiger partial charge on any atom is 0.335 e. The Kier molecular flexibility index (Phi) is 5.03. The highest BCUT2D eigenvalue weighted by molar-refractivity contribution is 5.87. The molecule has 2 aromatic rings. The largest absolute Gasteiger partial charge is 0.491 e. The fourth-order valence-electron chi connectivity index (χ4n) is 3.03. The number of nitrogens with one attached hydrogen (secondary N) is 1. The van der Waals surface area contributed by atoms with Crippen molar-refractivity contribution in [3.8, 4) is 5.75 Å². The second-order valence-corrected chi connectivity index (χ2v) is 6.33. The van der Waals surface area contributed by atoms with Crippen molar-refractivity contribution in [3.63, 3.8) is 0 Å². The van der Waals surface area contributed by atoms with Gasteiger partial charge in [-0.1, -0.05) is 24.3 Å². The average molecular weight is 339 g/mol. The second-order valence-electron chi connectivity index (χ2n) is 6.33. The van der Waals surface area contributed by atoms with Gasteiger partial charge >= 0.3 is 5.97 Å². The van der Waals surface area contributed by atoms with Crippen molar-refractivity contribution in [1.29, 1.82) is 0 Å². The molecule has 1 unspecified atom stereocenters. The summed E-state index contributed by atoms with van der Waals surface area (Å²) < 4.78 is 5.75. The Morgan fingerprint density at radius 1 is 1.20 bits per heavy atom. The summed E-state index contributed by atoms with van der Waals surface area (Å²) in [6, 6.07) is 12.6. The van der Waals surface area contributed by atoms with Gasteiger partial charge in [0.1, 0.15) is 12.4 Å². The number of hydrogen-bond acceptors (Lipinski definition) is 3. The van der Waals surface area contributed by atoms with E-state index in [1.54, 1.807) is 24.3 Å². The van der Waals surface area contributed by atoms with Crippen LogP contribution in [0.25, 0.3) is 0 Å². The number of fused-ring (bicyclic) bond motifs is 1. The lowest BCUT2D eigenvalue weighted by Gasteiger charge is -2.27. The molecule has 130 valence electrons. The number of hydrogen-bond donors (Lipinski definition) is 2. The molecular weight excluding hydrogens is 318 g/mol. The number of carboxylic acids is 1. The van der Waals surface area contributed by atoms with Crippen LogP contribution in [-0.2, 0) is 17.6 Å². The molecule has 0 radical (unpaired) electrons. The Labute approximate surface area is 146 Å². The summed E-state index contributed by atoms with van der Waals surface area (Å²) in [7, 11) is 0. The predicted octanol–water partition coefficient (Wildman–Crippen LogP) is 2.75. The van der Waals surface area contributed by atoms with Crippen LogP contribution in [0.4, 0.5) is 0 Å². The molecule has 0 spiro atoms. The van der Waals surface area contributed by atoms with Crippen LogP contribution >= 0.6 is 0 Å². The summed E-state index contributed by atoms with van der Waals surface area (Å²) in [5.74, 6) is -0.0610. The van der Waals surface area contributed by atoms with Gasteiger partial charge in [-0.2, -0.15) is 0 Å². The Hall–Kier alpha value is -2.82. The molecule has 0 bridgehead atoms. The predicted molar refractivity (Wildman–Crippen MR) is 94.0 cm³/mol. The Morgan fingerprint density at radius 2 is 1.96 bits per heavy atom. The molecule has 2 aromatic carbocycles. The van der Waals surface area contributed by atoms with Gasteiger partial charge in [-0.05, 0) is 54.7 Å². The Bertz CT molecular complexity index is 783. The van der Waals surface area contributed by atoms with E-state index in [0.717, 1.165) is 23.3 Å². The first-order valence-electron chi connectivity index (χ1n) is 8.36. The second kappa shape index (κ2) is 7.38. The van der Waals surface area contributed by atoms with E-state index in [4.69, 9.17) is 9.84 Å². The van der Waals surface area contributed by atoms with E-state index in [2.05, 4.69) is 5.32 Å². The number of carbonyl (C=O) groups is 2. The van der Waals surface area contributed by atoms with Crippen LogP contribution in [0.15, 0.2) is 42.5 Å². The standard InChI is InChI=1S/C20H21NO4/c1-13-3-2-4-18-17(13)11-16(12-25-18)21-19(22)10-7-14-5-8-15(9-6-14)20(23)24/h2-6,8-9,16H,7,10-12H2,1H3,(H,21,22)(H,23,24). The smallest absolute Gasteiger partial charge is 0.335 e. The topological polar surface area (TPSA) is 75.6 Å². The molecule has 0 aliphatic carbocycles. The molecule has 3 rings (SSSR count). The summed E-state index contributed by atoms with van der Waals surface area (Å²) in [5.41, 5.74) is 3.53. The minimum Gasteiger partial charge on any atom is -0.491 e. The molecule has 1 aliphatic heterocycles. The van der Waals surface area contributed by atoms with Crippen LogP contribution in [0.1, 0.15) is 33.5 Å². The Morgan fingerprint density at radius 3 is 2.68 bits per heavy atom. The molecule has 1 atom stereocenters. The third-order valence-electron chi connectivity index (χ3n) is 4.46. The molecule has 0 saturated carbocycles. The molecule has 25 heavy (non-hydrogen) atoms. The lowest BCUT2D eigenvalue weighted by atomic mass is 9.98. The van der Waals surface area contributed by atoms with Gasteiger partial charge in [-0.15, -0.1) is 0 Å². The number of rotatable bonds is 5. The molecule has 2 N–H and O–H groups in total. The molecule has 1 heterocycles. The first-order valence-corrected chi connectivity index (χ1v) is 8.36. The molecule has 1 amide bonds. The van der Waals surface area contributed by atoms with Crippen molar-refractivity contribution in [1.82, 2.24) is 5.32 Å². The monoisotopic (exact) mass is 339 g/mol. The van der Waals surface area contributed by atoms with E-state index >= 15 is 0 Å². The third kappa shape index (κ3) is 4.18. The van der Waals surface area contributed by atoms with Crippen LogP contribution in [0, 0.1) is 6.92 Å². The van der Waals surface area contributed by atoms with Crippen LogP contribution in [0.5, 0.6) is 5.75 Å². The third-order valence-corrected chi connectivity index (χ3v) is 4.46. The van der Waals surface area contributed by atoms with Gasteiger partial charge < -0.3 is 15.2 Å². The lowest BCUT2D eigenvalue weighted by Crippen LogP contribution is -2.43. The fourth-order valence-corrected chi connectivity index (χ4v) is 3.03. The van der Waals surface area contributed by atoms with Gasteiger partial charge in [0.05, 0.1) is 11.6 Å². The molecule has 5 nitrogen and oxygen atoms in total. The highest BCUT2D eigenvalue weighted by atomic mass is 16.5. The highest BCUT2D eigenvalue weighted by Gasteiger charge is 2.22. The first-order chi connectivity index (χ1) is 12.0. The maximum atomic E-state index is 12.2. The van der Waals surface area contributed by atoms with E-state index in [9.17, 15) is 9.59 Å². The van der Waals surface area contributed by atoms with Crippen molar-refractivity contribution in [2.75, 3.05) is 6.61 Å². The van der Waals surface area contributed by atoms with Crippen LogP contribution in [-0.4, -0.2) is 29.6 Å². The van der Waals surface area contributed by atoms with Crippen molar-refractivity contribution >= 4 is 11.9 Å². The minimum atomic E-state index is -0.947. The number of carbonyl (C=O) groups excluding carboxylic acids is 1. The molecule has 0 aromatic heterocycles. The maximum absolute atomic E-state index is 12.2. The SMILES string of the molecule is Cc1cccc2c1CC(NC(=O)CCc1ccc(C(=O)O)cc1)CO2. The summed E-state index contributed by atoms with van der Waals surface area (Å²) in [4.78, 5) is 23.0. The van der Waals surface area contributed by atoms with E-state index in [1.807, 2.05) is 25.1 Å². The van der Waals surface area contributed by atoms with Gasteiger partial charge in [0.15, 0.2) is 0 Å². The summed E-state index contributed by atoms with van der Waals surface area (Å²) >= 11 is 0. The Balaban J connectivity index is 1.51. The zero-order chi connectivity index (χ0) is 17.8. The number of benzene rings is 2. The van der Waals surface area contributed by atoms with E-state index in [0.29, 0.717) is 19.4 Å². The van der Waals surface area contributed by atoms with Crippen molar-refractivity contribution in [3.05, 3.63) is 64.7 Å².